The van der Waals surface area contributed by atoms with Gasteiger partial charge in [-0.15, -0.1) is 0 Å². The lowest BCUT2D eigenvalue weighted by atomic mass is 10.1. The van der Waals surface area contributed by atoms with Crippen molar-refractivity contribution in [1.82, 2.24) is 5.32 Å². The van der Waals surface area contributed by atoms with Crippen LogP contribution in [-0.4, -0.2) is 24.5 Å². The van der Waals surface area contributed by atoms with Crippen LogP contribution in [-0.2, 0) is 9.59 Å². The number of ether oxygens (including phenoxy) is 1. The maximum atomic E-state index is 13.0. The molecule has 1 saturated heterocycles. The average Bonchev–Trinajstić information content (AvgIpc) is 2.62. The summed E-state index contributed by atoms with van der Waals surface area (Å²) in [6, 6.07) is 10.8. The fourth-order valence-corrected chi connectivity index (χ4v) is 2.48. The predicted molar refractivity (Wildman–Crippen MR) is 93.0 cm³/mol. The van der Waals surface area contributed by atoms with E-state index in [-0.39, 0.29) is 5.57 Å². The van der Waals surface area contributed by atoms with E-state index in [0.717, 1.165) is 4.90 Å². The van der Waals surface area contributed by atoms with Gasteiger partial charge in [0.15, 0.2) is 0 Å². The summed E-state index contributed by atoms with van der Waals surface area (Å²) in [5.74, 6) is -1.39. The highest BCUT2D eigenvalue weighted by molar-refractivity contribution is 6.39. The van der Waals surface area contributed by atoms with Crippen molar-refractivity contribution in [2.45, 2.75) is 6.92 Å². The van der Waals surface area contributed by atoms with E-state index in [1.165, 1.54) is 30.3 Å². The molecule has 4 amide bonds. The Morgan fingerprint density at radius 3 is 2.31 bits per heavy atom. The van der Waals surface area contributed by atoms with Gasteiger partial charge in [-0.1, -0.05) is 12.1 Å². The highest BCUT2D eigenvalue weighted by atomic mass is 19.1. The summed E-state index contributed by atoms with van der Waals surface area (Å²) in [6.07, 6.45) is 1.31. The largest absolute Gasteiger partial charge is 0.494 e. The topological polar surface area (TPSA) is 75.7 Å². The average molecular weight is 354 g/mol. The standard InChI is InChI=1S/C19H15FN2O4/c1-2-26-15-9-7-14(8-10-15)22-18(24)16(17(23)21-19(22)25)11-12-3-5-13(20)6-4-12/h3-11H,2H2,1H3,(H,21,23,25)/b16-11+. The molecule has 132 valence electrons. The Kier molecular flexibility index (Phi) is 4.79. The third-order valence-electron chi connectivity index (χ3n) is 3.69. The van der Waals surface area contributed by atoms with Crippen molar-refractivity contribution in [1.29, 1.82) is 0 Å². The molecule has 7 heteroatoms. The Morgan fingerprint density at radius 1 is 1.04 bits per heavy atom. The van der Waals surface area contributed by atoms with Gasteiger partial charge in [0.25, 0.3) is 11.8 Å². The van der Waals surface area contributed by atoms with Crippen molar-refractivity contribution in [3.63, 3.8) is 0 Å². The smallest absolute Gasteiger partial charge is 0.335 e. The molecule has 2 aromatic carbocycles. The lowest BCUT2D eigenvalue weighted by Gasteiger charge is -2.26. The molecule has 0 saturated carbocycles. The fraction of sp³-hybridized carbons (Fsp3) is 0.105. The predicted octanol–water partition coefficient (Wildman–Crippen LogP) is 2.89. The number of carbonyl (C=O) groups excluding carboxylic acids is 3. The molecule has 0 atom stereocenters. The molecule has 3 rings (SSSR count). The van der Waals surface area contributed by atoms with Crippen LogP contribution in [0.2, 0.25) is 0 Å². The molecule has 2 aromatic rings. The first kappa shape index (κ1) is 17.3. The van der Waals surface area contributed by atoms with Gasteiger partial charge in [-0.3, -0.25) is 14.9 Å². The van der Waals surface area contributed by atoms with E-state index in [1.54, 1.807) is 24.3 Å². The minimum Gasteiger partial charge on any atom is -0.494 e. The molecule has 1 N–H and O–H groups in total. The van der Waals surface area contributed by atoms with Crippen molar-refractivity contribution < 1.29 is 23.5 Å². The number of nitrogens with zero attached hydrogens (tertiary/aromatic N) is 1. The third-order valence-corrected chi connectivity index (χ3v) is 3.69. The molecule has 0 bridgehead atoms. The van der Waals surface area contributed by atoms with Crippen molar-refractivity contribution in [2.24, 2.45) is 0 Å². The van der Waals surface area contributed by atoms with Crippen LogP contribution in [0.25, 0.3) is 6.08 Å². The van der Waals surface area contributed by atoms with Crippen molar-refractivity contribution in [3.05, 3.63) is 65.5 Å². The number of amides is 4. The van der Waals surface area contributed by atoms with Crippen molar-refractivity contribution in [3.8, 4) is 5.75 Å². The normalized spacial score (nSPS) is 16.0. The Morgan fingerprint density at radius 2 is 1.69 bits per heavy atom. The van der Waals surface area contributed by atoms with E-state index in [2.05, 4.69) is 5.32 Å². The van der Waals surface area contributed by atoms with Crippen LogP contribution in [0.5, 0.6) is 5.75 Å². The Hall–Kier alpha value is -3.48. The van der Waals surface area contributed by atoms with Gasteiger partial charge in [-0.25, -0.2) is 14.1 Å². The van der Waals surface area contributed by atoms with E-state index in [9.17, 15) is 18.8 Å². The summed E-state index contributed by atoms with van der Waals surface area (Å²) >= 11 is 0. The Balaban J connectivity index is 1.93. The number of nitrogens with one attached hydrogen (secondary N) is 1. The highest BCUT2D eigenvalue weighted by Gasteiger charge is 2.36. The number of rotatable bonds is 4. The lowest BCUT2D eigenvalue weighted by molar-refractivity contribution is -0.122. The van der Waals surface area contributed by atoms with E-state index >= 15 is 0 Å². The van der Waals surface area contributed by atoms with Gasteiger partial charge in [-0.05, 0) is 55.0 Å². The van der Waals surface area contributed by atoms with Gasteiger partial charge < -0.3 is 4.74 Å². The molecule has 26 heavy (non-hydrogen) atoms. The SMILES string of the molecule is CCOc1ccc(N2C(=O)NC(=O)/C(=C\c3ccc(F)cc3)C2=O)cc1. The van der Waals surface area contributed by atoms with E-state index in [0.29, 0.717) is 23.6 Å². The fourth-order valence-electron chi connectivity index (χ4n) is 2.48. The molecule has 0 spiro atoms. The van der Waals surface area contributed by atoms with Gasteiger partial charge in [0.1, 0.15) is 17.1 Å². The Bertz CT molecular complexity index is 889. The van der Waals surface area contributed by atoms with Crippen LogP contribution in [0.3, 0.4) is 0 Å². The van der Waals surface area contributed by atoms with Gasteiger partial charge in [0.2, 0.25) is 0 Å². The maximum Gasteiger partial charge on any atom is 0.335 e. The van der Waals surface area contributed by atoms with Crippen LogP contribution < -0.4 is 15.0 Å². The number of anilines is 1. The lowest BCUT2D eigenvalue weighted by Crippen LogP contribution is -2.54. The number of benzene rings is 2. The quantitative estimate of drug-likeness (QED) is 0.677. The third kappa shape index (κ3) is 3.46. The molecule has 0 radical (unpaired) electrons. The minimum atomic E-state index is -0.833. The van der Waals surface area contributed by atoms with Crippen LogP contribution in [0.15, 0.2) is 54.1 Å². The molecule has 0 aromatic heterocycles. The first-order valence-corrected chi connectivity index (χ1v) is 7.89. The summed E-state index contributed by atoms with van der Waals surface area (Å²) in [7, 11) is 0. The number of carbonyl (C=O) groups is 3. The summed E-state index contributed by atoms with van der Waals surface area (Å²) in [5.41, 5.74) is 0.546. The number of halogens is 1. The molecule has 1 aliphatic heterocycles. The molecular weight excluding hydrogens is 339 g/mol. The van der Waals surface area contributed by atoms with E-state index < -0.39 is 23.7 Å². The molecule has 1 aliphatic rings. The second kappa shape index (κ2) is 7.18. The molecule has 0 aliphatic carbocycles. The zero-order valence-corrected chi connectivity index (χ0v) is 13.9. The van der Waals surface area contributed by atoms with E-state index in [1.807, 2.05) is 6.92 Å². The zero-order chi connectivity index (χ0) is 18.7. The maximum absolute atomic E-state index is 13.0. The van der Waals surface area contributed by atoms with Crippen LogP contribution >= 0.6 is 0 Å². The van der Waals surface area contributed by atoms with E-state index in [4.69, 9.17) is 4.74 Å². The van der Waals surface area contributed by atoms with Crippen molar-refractivity contribution >= 4 is 29.6 Å². The summed E-state index contributed by atoms with van der Waals surface area (Å²) in [5, 5.41) is 2.13. The number of urea groups is 1. The van der Waals surface area contributed by atoms with Crippen LogP contribution in [0.1, 0.15) is 12.5 Å². The summed E-state index contributed by atoms with van der Waals surface area (Å²) in [4.78, 5) is 37.8. The van der Waals surface area contributed by atoms with Gasteiger partial charge in [0, 0.05) is 0 Å². The Labute approximate surface area is 148 Å². The second-order valence-corrected chi connectivity index (χ2v) is 5.44. The molecule has 1 fully saturated rings. The molecule has 0 unspecified atom stereocenters. The number of barbiturate groups is 1. The molecule has 1 heterocycles. The second-order valence-electron chi connectivity index (χ2n) is 5.44. The molecular formula is C19H15FN2O4. The van der Waals surface area contributed by atoms with Crippen LogP contribution in [0.4, 0.5) is 14.9 Å². The van der Waals surface area contributed by atoms with Crippen LogP contribution in [0, 0.1) is 5.82 Å². The molecule has 6 nitrogen and oxygen atoms in total. The minimum absolute atomic E-state index is 0.218. The van der Waals surface area contributed by atoms with Crippen molar-refractivity contribution in [2.75, 3.05) is 11.5 Å². The summed E-state index contributed by atoms with van der Waals surface area (Å²) in [6.45, 7) is 2.33. The van der Waals surface area contributed by atoms with Gasteiger partial charge in [0.05, 0.1) is 12.3 Å². The number of hydrogen-bond acceptors (Lipinski definition) is 4. The summed E-state index contributed by atoms with van der Waals surface area (Å²) < 4.78 is 18.3. The first-order chi connectivity index (χ1) is 12.5. The monoisotopic (exact) mass is 354 g/mol. The van der Waals surface area contributed by atoms with Gasteiger partial charge in [-0.2, -0.15) is 0 Å². The zero-order valence-electron chi connectivity index (χ0n) is 13.9. The van der Waals surface area contributed by atoms with Gasteiger partial charge >= 0.3 is 6.03 Å². The first-order valence-electron chi connectivity index (χ1n) is 7.89. The number of imide groups is 2. The number of hydrogen-bond donors (Lipinski definition) is 1. The highest BCUT2D eigenvalue weighted by Crippen LogP contribution is 2.24.